The number of rotatable bonds is 6. The molecular weight excluding hydrogens is 1330 g/mol. The molecular formula is C50H33Br5Cl2N4O13. The third kappa shape index (κ3) is 15.7. The van der Waals surface area contributed by atoms with Gasteiger partial charge >= 0.3 is 5.97 Å². The van der Waals surface area contributed by atoms with E-state index in [1.54, 1.807) is 78.9 Å². The van der Waals surface area contributed by atoms with E-state index in [0.29, 0.717) is 66.5 Å². The smallest absolute Gasteiger partial charge is 0.371 e. The van der Waals surface area contributed by atoms with E-state index in [9.17, 15) is 28.8 Å². The lowest BCUT2D eigenvalue weighted by atomic mass is 10.2. The van der Waals surface area contributed by atoms with Crippen LogP contribution >= 0.6 is 104 Å². The molecule has 17 nitrogen and oxygen atoms in total. The van der Waals surface area contributed by atoms with Crippen LogP contribution in [0.4, 0.5) is 0 Å². The van der Waals surface area contributed by atoms with Crippen LogP contribution in [0.5, 0.6) is 0 Å². The minimum atomic E-state index is -1.25. The van der Waals surface area contributed by atoms with Crippen LogP contribution in [0.1, 0.15) is 33.6 Å². The topological polar surface area (TPSA) is 283 Å². The van der Waals surface area contributed by atoms with Gasteiger partial charge in [-0.15, -0.1) is 24.0 Å². The summed E-state index contributed by atoms with van der Waals surface area (Å²) in [4.78, 5) is 71.1. The maximum absolute atomic E-state index is 11.7. The number of aliphatic hydroxyl groups is 1. The number of fused-ring (bicyclic) bond motifs is 5. The number of nitrogens with two attached hydrogens (primary N) is 1. The second-order valence-corrected chi connectivity index (χ2v) is 19.5. The molecule has 0 aliphatic rings. The van der Waals surface area contributed by atoms with Gasteiger partial charge < -0.3 is 38.0 Å². The molecule has 5 aromatic heterocycles. The molecule has 380 valence electrons. The van der Waals surface area contributed by atoms with E-state index in [4.69, 9.17) is 55.2 Å². The number of benzene rings is 5. The van der Waals surface area contributed by atoms with Gasteiger partial charge in [0, 0.05) is 57.6 Å². The Kier molecular flexibility index (Phi) is 21.7. The van der Waals surface area contributed by atoms with Gasteiger partial charge in [0.1, 0.15) is 57.6 Å². The molecule has 74 heavy (non-hydrogen) atoms. The lowest BCUT2D eigenvalue weighted by molar-refractivity contribution is 0.0663. The maximum Gasteiger partial charge on any atom is 0.371 e. The molecule has 0 aliphatic carbocycles. The van der Waals surface area contributed by atoms with Crippen molar-refractivity contribution in [2.45, 2.75) is 25.6 Å². The molecule has 0 saturated carbocycles. The Hall–Kier alpha value is -6.17. The van der Waals surface area contributed by atoms with Crippen molar-refractivity contribution in [2.24, 2.45) is 10.8 Å². The van der Waals surface area contributed by atoms with Crippen LogP contribution in [-0.4, -0.2) is 16.2 Å². The molecule has 0 saturated heterocycles. The Morgan fingerprint density at radius 2 is 0.824 bits per heavy atom. The summed E-state index contributed by atoms with van der Waals surface area (Å²) in [5, 5.41) is 23.4. The fourth-order valence-corrected chi connectivity index (χ4v) is 8.31. The Morgan fingerprint density at radius 1 is 0.514 bits per heavy atom. The van der Waals surface area contributed by atoms with Gasteiger partial charge in [-0.25, -0.2) is 4.79 Å². The largest absolute Gasteiger partial charge is 0.475 e. The van der Waals surface area contributed by atoms with Crippen molar-refractivity contribution in [2.75, 3.05) is 0 Å². The van der Waals surface area contributed by atoms with Crippen molar-refractivity contribution in [3.05, 3.63) is 234 Å². The minimum absolute atomic E-state index is 0. The van der Waals surface area contributed by atoms with Crippen LogP contribution in [0.2, 0.25) is 0 Å². The van der Waals surface area contributed by atoms with Crippen molar-refractivity contribution in [1.82, 2.24) is 0 Å². The summed E-state index contributed by atoms with van der Waals surface area (Å²) in [5.74, 6) is 0.242. The zero-order valence-electron chi connectivity index (χ0n) is 37.4. The zero-order valence-corrected chi connectivity index (χ0v) is 46.9. The normalized spacial score (nSPS) is 10.4. The number of aliphatic hydroxyl groups excluding tert-OH is 1. The summed E-state index contributed by atoms with van der Waals surface area (Å²) in [6.07, 6.45) is 0. The van der Waals surface area contributed by atoms with Gasteiger partial charge in [-0.05, 0) is 96.5 Å². The van der Waals surface area contributed by atoms with Crippen molar-refractivity contribution in [3.8, 4) is 0 Å². The van der Waals surface area contributed by atoms with E-state index in [2.05, 4.69) is 89.7 Å². The Morgan fingerprint density at radius 3 is 1.18 bits per heavy atom. The third-order valence-corrected chi connectivity index (χ3v) is 12.4. The molecule has 0 radical (unpaired) electrons. The molecule has 5 aromatic carbocycles. The molecule has 0 unspecified atom stereocenters. The fraction of sp³-hybridized carbons (Fsp3) is 0.0800. The van der Waals surface area contributed by atoms with Crippen LogP contribution in [0, 0.1) is 0 Å². The zero-order chi connectivity index (χ0) is 52.9. The summed E-state index contributed by atoms with van der Waals surface area (Å²) < 4.78 is 30.6. The number of carboxylic acids is 1. The van der Waals surface area contributed by atoms with Crippen LogP contribution < -0.4 is 32.9 Å². The Labute approximate surface area is 468 Å². The molecule has 0 bridgehead atoms. The van der Waals surface area contributed by atoms with Crippen LogP contribution in [-0.2, 0) is 25.6 Å². The molecule has 0 atom stereocenters. The second-order valence-electron chi connectivity index (χ2n) is 14.7. The molecule has 4 N–H and O–H groups in total. The first-order valence-electron chi connectivity index (χ1n) is 20.6. The molecule has 10 aromatic rings. The summed E-state index contributed by atoms with van der Waals surface area (Å²) in [5.41, 5.74) is 15.2. The van der Waals surface area contributed by atoms with Crippen LogP contribution in [0.25, 0.3) is 65.3 Å². The Balaban J connectivity index is 0.000000171. The van der Waals surface area contributed by atoms with E-state index in [1.807, 2.05) is 12.1 Å². The molecule has 0 aliphatic heterocycles. The van der Waals surface area contributed by atoms with Crippen molar-refractivity contribution in [1.29, 1.82) is 0 Å². The van der Waals surface area contributed by atoms with Gasteiger partial charge in [0.2, 0.25) is 5.76 Å². The number of halogens is 7. The van der Waals surface area contributed by atoms with Gasteiger partial charge in [0.15, 0.2) is 27.1 Å². The summed E-state index contributed by atoms with van der Waals surface area (Å²) in [6, 6.07) is 32.2. The number of carboxylic acid groups (broad SMARTS) is 1. The number of azide groups is 1. The molecule has 10 rings (SSSR count). The van der Waals surface area contributed by atoms with Gasteiger partial charge in [0.25, 0.3) is 0 Å². The highest BCUT2D eigenvalue weighted by atomic mass is 79.9. The summed E-state index contributed by atoms with van der Waals surface area (Å²) in [6.45, 7) is 0.0141. The predicted octanol–water partition coefficient (Wildman–Crippen LogP) is 13.4. The lowest BCUT2D eigenvalue weighted by Gasteiger charge is -2.00. The Bertz CT molecular complexity index is 3830. The van der Waals surface area contributed by atoms with Crippen LogP contribution in [0.3, 0.4) is 0 Å². The average molecular weight is 1370 g/mol. The van der Waals surface area contributed by atoms with E-state index >= 15 is 0 Å². The lowest BCUT2D eigenvalue weighted by Crippen LogP contribution is -2.06. The average Bonchev–Trinajstić information content (AvgIpc) is 3.37. The number of aromatic carboxylic acids is 1. The monoisotopic (exact) mass is 1360 g/mol. The van der Waals surface area contributed by atoms with E-state index in [-0.39, 0.29) is 82.2 Å². The van der Waals surface area contributed by atoms with Crippen LogP contribution in [0.15, 0.2) is 195 Å². The standard InChI is InChI=1S/C10H6BrClO2.C10H6BrN3O2.C10H8BrNO2.C10H5BrO4.C10H7BrO3.ClH/c11-6-1-2-10-8(3-6)9(13)4-7(5-12)14-10;11-6-1-2-10-8(3-6)9(15)4-7(16-10)5-13-14-12;11-6-1-2-10-8(3-6)9(13)4-7(5-12)14-10;11-5-1-2-8-6(3-5)7(12)4-9(15-8)10(13)14;11-6-1-2-10-8(3-6)9(13)4-7(5-12)14-10;/h1-4H,5H2;1-4H,5H2;1-4H,5,12H2;1-4H,(H,13,14);1-4,12H,5H2;1H. The summed E-state index contributed by atoms with van der Waals surface area (Å²) in [7, 11) is 0. The van der Waals surface area contributed by atoms with Gasteiger partial charge in [-0.1, -0.05) is 84.8 Å². The highest BCUT2D eigenvalue weighted by Crippen LogP contribution is 2.22. The SMILES string of the molecule is Cl.NCc1cc(=O)c2cc(Br)ccc2o1.O=C(O)c1cc(=O)c2cc(Br)ccc2o1.O=c1cc(CCl)oc2ccc(Br)cc12.O=c1cc(CO)oc2ccc(Br)cc12.[N-]=[N+]=NCc1cc(=O)c2cc(Br)ccc2o1. The first-order chi connectivity index (χ1) is 34.9. The number of carbonyl (C=O) groups is 1. The highest BCUT2D eigenvalue weighted by molar-refractivity contribution is 9.11. The van der Waals surface area contributed by atoms with Crippen molar-refractivity contribution in [3.63, 3.8) is 0 Å². The first-order valence-corrected chi connectivity index (χ1v) is 25.1. The number of nitrogens with zero attached hydrogens (tertiary/aromatic N) is 3. The molecule has 0 amide bonds. The van der Waals surface area contributed by atoms with E-state index in [1.165, 1.54) is 24.3 Å². The first kappa shape index (κ1) is 58.7. The van der Waals surface area contributed by atoms with E-state index in [0.717, 1.165) is 28.4 Å². The predicted molar refractivity (Wildman–Crippen MR) is 301 cm³/mol. The van der Waals surface area contributed by atoms with Gasteiger partial charge in [-0.2, -0.15) is 0 Å². The summed E-state index contributed by atoms with van der Waals surface area (Å²) >= 11 is 22.0. The highest BCUT2D eigenvalue weighted by Gasteiger charge is 2.11. The molecule has 0 fully saturated rings. The quantitative estimate of drug-likeness (QED) is 0.0604. The van der Waals surface area contributed by atoms with Gasteiger partial charge in [-0.3, -0.25) is 24.0 Å². The minimum Gasteiger partial charge on any atom is -0.475 e. The van der Waals surface area contributed by atoms with E-state index < -0.39 is 5.97 Å². The van der Waals surface area contributed by atoms with Gasteiger partial charge in [0.05, 0.1) is 45.9 Å². The number of hydrogen-bond donors (Lipinski definition) is 3. The second kappa shape index (κ2) is 27.4. The van der Waals surface area contributed by atoms with Crippen molar-refractivity contribution < 1.29 is 37.1 Å². The third-order valence-electron chi connectivity index (χ3n) is 9.64. The van der Waals surface area contributed by atoms with Crippen molar-refractivity contribution >= 4 is 164 Å². The molecule has 5 heterocycles. The molecule has 24 heteroatoms. The fourth-order valence-electron chi connectivity index (χ4n) is 6.37. The number of hydrogen-bond acceptors (Lipinski definition) is 14. The molecule has 0 spiro atoms. The number of alkyl halides is 1. The maximum atomic E-state index is 11.7.